The highest BCUT2D eigenvalue weighted by atomic mass is 16.4. The first-order chi connectivity index (χ1) is 9.27. The molecule has 0 fully saturated rings. The van der Waals surface area contributed by atoms with Gasteiger partial charge in [0, 0.05) is 0 Å². The number of carbonyl (C=O) groups excluding carboxylic acids is 3. The molecule has 0 unspecified atom stereocenters. The molecule has 10 nitrogen and oxygen atoms in total. The van der Waals surface area contributed by atoms with E-state index in [1.54, 1.807) is 0 Å². The number of carbonyl (C=O) groups is 4. The normalized spacial score (nSPS) is 12.9. The molecule has 10 heteroatoms. The molecule has 0 aromatic rings. The van der Waals surface area contributed by atoms with Crippen LogP contribution >= 0.6 is 0 Å². The molecule has 0 bridgehead atoms. The molecule has 0 heterocycles. The minimum atomic E-state index is -1.21. The molecule has 0 aliphatic carbocycles. The van der Waals surface area contributed by atoms with Crippen molar-refractivity contribution in [3.05, 3.63) is 0 Å². The summed E-state index contributed by atoms with van der Waals surface area (Å²) in [5.74, 6) is -3.23. The van der Waals surface area contributed by atoms with Crippen molar-refractivity contribution < 1.29 is 29.4 Å². The van der Waals surface area contributed by atoms with Crippen molar-refractivity contribution in [2.75, 3.05) is 19.7 Å². The zero-order valence-electron chi connectivity index (χ0n) is 10.9. The molecule has 0 saturated heterocycles. The van der Waals surface area contributed by atoms with Gasteiger partial charge in [-0.05, 0) is 6.92 Å². The average molecular weight is 290 g/mol. The van der Waals surface area contributed by atoms with Crippen LogP contribution in [0.15, 0.2) is 0 Å². The van der Waals surface area contributed by atoms with E-state index in [4.69, 9.17) is 15.9 Å². The number of nitrogens with two attached hydrogens (primary N) is 1. The molecule has 0 radical (unpaired) electrons. The molecule has 0 aliphatic heterocycles. The van der Waals surface area contributed by atoms with Crippen LogP contribution in [0.25, 0.3) is 0 Å². The molecule has 0 saturated carbocycles. The summed E-state index contributed by atoms with van der Waals surface area (Å²) in [5.41, 5.74) is 5.24. The third-order valence-corrected chi connectivity index (χ3v) is 2.15. The van der Waals surface area contributed by atoms with E-state index in [2.05, 4.69) is 16.0 Å². The fraction of sp³-hybridized carbons (Fsp3) is 0.600. The Labute approximate surface area is 114 Å². The molecule has 2 atom stereocenters. The van der Waals surface area contributed by atoms with Crippen molar-refractivity contribution in [2.24, 2.45) is 5.73 Å². The van der Waals surface area contributed by atoms with Gasteiger partial charge in [0.25, 0.3) is 0 Å². The molecule has 0 rings (SSSR count). The lowest BCUT2D eigenvalue weighted by molar-refractivity contribution is -0.138. The Bertz CT molecular complexity index is 386. The smallest absolute Gasteiger partial charge is 0.322 e. The summed E-state index contributed by atoms with van der Waals surface area (Å²) in [6, 6.07) is -2.09. The number of aliphatic hydroxyl groups is 1. The lowest BCUT2D eigenvalue weighted by Gasteiger charge is -2.16. The number of hydrogen-bond acceptors (Lipinski definition) is 6. The van der Waals surface area contributed by atoms with Crippen LogP contribution < -0.4 is 21.7 Å². The Morgan fingerprint density at radius 3 is 2.20 bits per heavy atom. The number of nitrogens with one attached hydrogen (secondary N) is 3. The number of hydrogen-bond donors (Lipinski definition) is 6. The van der Waals surface area contributed by atoms with Crippen molar-refractivity contribution in [2.45, 2.75) is 19.0 Å². The standard InChI is InChI=1S/C10H18N4O6/c1-5(14-10(20)6(11)4-15)9(19)13-2-7(16)12-3-8(17)18/h5-6,15H,2-4,11H2,1H3,(H,12,16)(H,13,19)(H,14,20)(H,17,18)/t5-,6-/m0/s1. The van der Waals surface area contributed by atoms with Gasteiger partial charge in [-0.25, -0.2) is 0 Å². The van der Waals surface area contributed by atoms with E-state index in [-0.39, 0.29) is 0 Å². The summed E-state index contributed by atoms with van der Waals surface area (Å²) in [6.07, 6.45) is 0. The summed E-state index contributed by atoms with van der Waals surface area (Å²) < 4.78 is 0. The monoisotopic (exact) mass is 290 g/mol. The first kappa shape index (κ1) is 17.8. The second-order valence-electron chi connectivity index (χ2n) is 3.91. The van der Waals surface area contributed by atoms with Crippen LogP contribution in [0, 0.1) is 0 Å². The number of amides is 3. The topological polar surface area (TPSA) is 171 Å². The molecule has 114 valence electrons. The first-order valence-electron chi connectivity index (χ1n) is 5.71. The maximum Gasteiger partial charge on any atom is 0.322 e. The second kappa shape index (κ2) is 8.82. The number of aliphatic carboxylic acids is 1. The SMILES string of the molecule is C[C@H](NC(=O)[C@@H](N)CO)C(=O)NCC(=O)NCC(=O)O. The predicted molar refractivity (Wildman–Crippen MR) is 66.3 cm³/mol. The highest BCUT2D eigenvalue weighted by Crippen LogP contribution is 1.85. The van der Waals surface area contributed by atoms with E-state index in [9.17, 15) is 19.2 Å². The lowest BCUT2D eigenvalue weighted by Crippen LogP contribution is -2.52. The average Bonchev–Trinajstić information content (AvgIpc) is 2.40. The highest BCUT2D eigenvalue weighted by molar-refractivity contribution is 5.91. The van der Waals surface area contributed by atoms with Crippen LogP contribution in [0.3, 0.4) is 0 Å². The van der Waals surface area contributed by atoms with E-state index >= 15 is 0 Å². The highest BCUT2D eigenvalue weighted by Gasteiger charge is 2.19. The van der Waals surface area contributed by atoms with Gasteiger partial charge in [-0.1, -0.05) is 0 Å². The summed E-state index contributed by atoms with van der Waals surface area (Å²) in [5, 5.41) is 23.5. The van der Waals surface area contributed by atoms with Gasteiger partial charge in [0.05, 0.1) is 13.2 Å². The van der Waals surface area contributed by atoms with Crippen molar-refractivity contribution in [1.29, 1.82) is 0 Å². The number of carboxylic acids is 1. The number of carboxylic acid groups (broad SMARTS) is 1. The van der Waals surface area contributed by atoms with E-state index in [1.807, 2.05) is 0 Å². The van der Waals surface area contributed by atoms with Gasteiger partial charge in [0.1, 0.15) is 18.6 Å². The summed E-state index contributed by atoms with van der Waals surface area (Å²) in [7, 11) is 0. The van der Waals surface area contributed by atoms with Crippen LogP contribution in [-0.2, 0) is 19.2 Å². The predicted octanol–water partition coefficient (Wildman–Crippen LogP) is -3.87. The zero-order chi connectivity index (χ0) is 15.7. The number of aliphatic hydroxyl groups excluding tert-OH is 1. The third kappa shape index (κ3) is 7.28. The minimum Gasteiger partial charge on any atom is -0.480 e. The van der Waals surface area contributed by atoms with Crippen molar-refractivity contribution in [3.8, 4) is 0 Å². The van der Waals surface area contributed by atoms with E-state index < -0.39 is 55.5 Å². The van der Waals surface area contributed by atoms with Gasteiger partial charge in [-0.15, -0.1) is 0 Å². The molecule has 0 spiro atoms. The van der Waals surface area contributed by atoms with Gasteiger partial charge in [-0.2, -0.15) is 0 Å². The molecule has 0 aromatic carbocycles. The first-order valence-corrected chi connectivity index (χ1v) is 5.71. The van der Waals surface area contributed by atoms with Crippen LogP contribution in [0.1, 0.15) is 6.92 Å². The maximum absolute atomic E-state index is 11.5. The van der Waals surface area contributed by atoms with E-state index in [0.29, 0.717) is 0 Å². The number of rotatable bonds is 8. The fourth-order valence-corrected chi connectivity index (χ4v) is 1.03. The molecular weight excluding hydrogens is 272 g/mol. The maximum atomic E-state index is 11.5. The van der Waals surface area contributed by atoms with Gasteiger partial charge in [-0.3, -0.25) is 19.2 Å². The van der Waals surface area contributed by atoms with Crippen LogP contribution in [0.2, 0.25) is 0 Å². The molecule has 0 aromatic heterocycles. The van der Waals surface area contributed by atoms with Gasteiger partial charge < -0.3 is 31.9 Å². The van der Waals surface area contributed by atoms with Crippen molar-refractivity contribution in [1.82, 2.24) is 16.0 Å². The molecule has 3 amide bonds. The van der Waals surface area contributed by atoms with Crippen LogP contribution in [-0.4, -0.2) is 65.7 Å². The minimum absolute atomic E-state index is 0.418. The second-order valence-corrected chi connectivity index (χ2v) is 3.91. The van der Waals surface area contributed by atoms with Crippen LogP contribution in [0.4, 0.5) is 0 Å². The van der Waals surface area contributed by atoms with Crippen molar-refractivity contribution in [3.63, 3.8) is 0 Å². The molecular formula is C10H18N4O6. The molecule has 7 N–H and O–H groups in total. The summed E-state index contributed by atoms with van der Waals surface area (Å²) in [6.45, 7) is -0.158. The van der Waals surface area contributed by atoms with E-state index in [1.165, 1.54) is 6.92 Å². The molecule has 20 heavy (non-hydrogen) atoms. The zero-order valence-corrected chi connectivity index (χ0v) is 10.9. The van der Waals surface area contributed by atoms with Gasteiger partial charge in [0.15, 0.2) is 0 Å². The third-order valence-electron chi connectivity index (χ3n) is 2.15. The Hall–Kier alpha value is -2.20. The fourth-order valence-electron chi connectivity index (χ4n) is 1.03. The Balaban J connectivity index is 4.05. The Morgan fingerprint density at radius 1 is 1.10 bits per heavy atom. The van der Waals surface area contributed by atoms with Gasteiger partial charge >= 0.3 is 5.97 Å². The van der Waals surface area contributed by atoms with Crippen LogP contribution in [0.5, 0.6) is 0 Å². The van der Waals surface area contributed by atoms with Crippen molar-refractivity contribution >= 4 is 23.7 Å². The molecule has 0 aliphatic rings. The van der Waals surface area contributed by atoms with Gasteiger partial charge in [0.2, 0.25) is 17.7 Å². The van der Waals surface area contributed by atoms with E-state index in [0.717, 1.165) is 0 Å². The summed E-state index contributed by atoms with van der Waals surface area (Å²) >= 11 is 0. The largest absolute Gasteiger partial charge is 0.480 e. The lowest BCUT2D eigenvalue weighted by atomic mass is 10.2. The quantitative estimate of drug-likeness (QED) is 0.265. The Morgan fingerprint density at radius 2 is 1.70 bits per heavy atom. The summed E-state index contributed by atoms with van der Waals surface area (Å²) in [4.78, 5) is 44.1. The Kier molecular flexibility index (Phi) is 7.85.